The van der Waals surface area contributed by atoms with E-state index in [9.17, 15) is 4.39 Å². The molecule has 0 heterocycles. The van der Waals surface area contributed by atoms with Crippen LogP contribution in [0.3, 0.4) is 0 Å². The van der Waals surface area contributed by atoms with Crippen LogP contribution in [0.5, 0.6) is 0 Å². The van der Waals surface area contributed by atoms with Gasteiger partial charge in [0.15, 0.2) is 0 Å². The van der Waals surface area contributed by atoms with Crippen molar-refractivity contribution < 1.29 is 4.39 Å². The van der Waals surface area contributed by atoms with E-state index in [0.29, 0.717) is 17.8 Å². The Bertz CT molecular complexity index is 518. The lowest BCUT2D eigenvalue weighted by Crippen LogP contribution is -2.15. The van der Waals surface area contributed by atoms with Crippen LogP contribution in [0.1, 0.15) is 45.1 Å². The lowest BCUT2D eigenvalue weighted by molar-refractivity contribution is 0.598. The van der Waals surface area contributed by atoms with Gasteiger partial charge in [0.05, 0.1) is 5.71 Å². The van der Waals surface area contributed by atoms with Crippen LogP contribution in [0, 0.1) is 11.2 Å². The average Bonchev–Trinajstić information content (AvgIpc) is 2.46. The Morgan fingerprint density at radius 1 is 1.24 bits per heavy atom. The molecular weight excluding hydrogens is 263 g/mol. The average molecular weight is 288 g/mol. The molecule has 0 amide bonds. The number of benzene rings is 1. The molecule has 0 bridgehead atoms. The molecule has 0 saturated heterocycles. The number of halogens is 1. The highest BCUT2D eigenvalue weighted by atomic mass is 19.1. The van der Waals surface area contributed by atoms with Crippen molar-refractivity contribution in [3.8, 4) is 0 Å². The molecule has 21 heavy (non-hydrogen) atoms. The highest BCUT2D eigenvalue weighted by Crippen LogP contribution is 2.11. The van der Waals surface area contributed by atoms with Crippen molar-refractivity contribution in [2.45, 2.75) is 46.1 Å². The molecule has 0 aliphatic carbocycles. The topological polar surface area (TPSA) is 35.9 Å². The first-order valence-corrected chi connectivity index (χ1v) is 7.53. The number of allylic oxidation sites excluding steroid dienone is 3. The maximum absolute atomic E-state index is 13.6. The van der Waals surface area contributed by atoms with Crippen LogP contribution in [-0.2, 0) is 6.54 Å². The second-order valence-corrected chi connectivity index (χ2v) is 5.13. The van der Waals surface area contributed by atoms with Gasteiger partial charge in [0.25, 0.3) is 0 Å². The van der Waals surface area contributed by atoms with Crippen LogP contribution in [0.15, 0.2) is 48.2 Å². The van der Waals surface area contributed by atoms with Crippen LogP contribution < -0.4 is 5.32 Å². The van der Waals surface area contributed by atoms with Crippen LogP contribution in [-0.4, -0.2) is 5.71 Å². The molecule has 0 spiro atoms. The minimum absolute atomic E-state index is 0.202. The summed E-state index contributed by atoms with van der Waals surface area (Å²) in [4.78, 5) is 0. The van der Waals surface area contributed by atoms with Gasteiger partial charge in [-0.15, -0.1) is 0 Å². The van der Waals surface area contributed by atoms with Crippen LogP contribution in [0.4, 0.5) is 4.39 Å². The molecule has 0 aliphatic rings. The first-order valence-electron chi connectivity index (χ1n) is 7.53. The fourth-order valence-corrected chi connectivity index (χ4v) is 2.04. The second-order valence-electron chi connectivity index (χ2n) is 5.13. The van der Waals surface area contributed by atoms with E-state index in [2.05, 4.69) is 25.7 Å². The monoisotopic (exact) mass is 288 g/mol. The molecule has 0 radical (unpaired) electrons. The summed E-state index contributed by atoms with van der Waals surface area (Å²) in [5.74, 6) is -0.202. The Morgan fingerprint density at radius 3 is 2.52 bits per heavy atom. The highest BCUT2D eigenvalue weighted by Gasteiger charge is 2.04. The molecule has 0 atom stereocenters. The Balaban J connectivity index is 2.71. The fourth-order valence-electron chi connectivity index (χ4n) is 2.04. The summed E-state index contributed by atoms with van der Waals surface area (Å²) < 4.78 is 13.6. The summed E-state index contributed by atoms with van der Waals surface area (Å²) in [6.45, 7) is 8.53. The molecule has 0 aliphatic heterocycles. The third kappa shape index (κ3) is 5.94. The van der Waals surface area contributed by atoms with Crippen LogP contribution in [0.25, 0.3) is 0 Å². The largest absolute Gasteiger partial charge is 0.384 e. The molecule has 0 unspecified atom stereocenters. The van der Waals surface area contributed by atoms with E-state index in [4.69, 9.17) is 5.41 Å². The van der Waals surface area contributed by atoms with Gasteiger partial charge in [-0.1, -0.05) is 51.5 Å². The Kier molecular flexibility index (Phi) is 7.44. The normalized spacial score (nSPS) is 11.3. The van der Waals surface area contributed by atoms with E-state index in [-0.39, 0.29) is 5.82 Å². The SMILES string of the molecule is C=C(CCC)C(=N)/C=C(/CCC)NCc1ccccc1F. The first-order chi connectivity index (χ1) is 10.1. The summed E-state index contributed by atoms with van der Waals surface area (Å²) in [5.41, 5.74) is 2.90. The molecule has 0 fully saturated rings. The molecule has 114 valence electrons. The van der Waals surface area contributed by atoms with Crippen LogP contribution >= 0.6 is 0 Å². The molecule has 0 aromatic heterocycles. The van der Waals surface area contributed by atoms with Crippen molar-refractivity contribution in [1.82, 2.24) is 5.32 Å². The lowest BCUT2D eigenvalue weighted by atomic mass is 10.1. The van der Waals surface area contributed by atoms with Crippen molar-refractivity contribution in [3.05, 3.63) is 59.6 Å². The second kappa shape index (κ2) is 9.11. The third-order valence-corrected chi connectivity index (χ3v) is 3.23. The predicted molar refractivity (Wildman–Crippen MR) is 88.0 cm³/mol. The number of hydrogen-bond donors (Lipinski definition) is 2. The molecule has 2 N–H and O–H groups in total. The number of hydrogen-bond acceptors (Lipinski definition) is 2. The smallest absolute Gasteiger partial charge is 0.128 e. The van der Waals surface area contributed by atoms with E-state index < -0.39 is 0 Å². The Hall–Kier alpha value is -1.90. The van der Waals surface area contributed by atoms with Crippen LogP contribution in [0.2, 0.25) is 0 Å². The molecule has 3 heteroatoms. The molecule has 1 rings (SSSR count). The molecular formula is C18H25FN2. The summed E-state index contributed by atoms with van der Waals surface area (Å²) in [7, 11) is 0. The minimum Gasteiger partial charge on any atom is -0.384 e. The Labute approximate surface area is 127 Å². The Morgan fingerprint density at radius 2 is 1.90 bits per heavy atom. The zero-order chi connectivity index (χ0) is 15.7. The molecule has 0 saturated carbocycles. The molecule has 1 aromatic rings. The van der Waals surface area contributed by atoms with Crippen molar-refractivity contribution in [2.24, 2.45) is 0 Å². The first kappa shape index (κ1) is 17.2. The van der Waals surface area contributed by atoms with Gasteiger partial charge >= 0.3 is 0 Å². The maximum atomic E-state index is 13.6. The van der Waals surface area contributed by atoms with Gasteiger partial charge in [-0.05, 0) is 30.6 Å². The van der Waals surface area contributed by atoms with E-state index in [1.165, 1.54) is 6.07 Å². The van der Waals surface area contributed by atoms with E-state index in [0.717, 1.165) is 37.0 Å². The molecule has 2 nitrogen and oxygen atoms in total. The number of rotatable bonds is 9. The summed E-state index contributed by atoms with van der Waals surface area (Å²) >= 11 is 0. The van der Waals surface area contributed by atoms with Crippen molar-refractivity contribution >= 4 is 5.71 Å². The van der Waals surface area contributed by atoms with Gasteiger partial charge in [0.1, 0.15) is 5.82 Å². The summed E-state index contributed by atoms with van der Waals surface area (Å²) in [6, 6.07) is 6.75. The lowest BCUT2D eigenvalue weighted by Gasteiger charge is -2.12. The predicted octanol–water partition coefficient (Wildman–Crippen LogP) is 4.98. The van der Waals surface area contributed by atoms with Gasteiger partial charge in [-0.25, -0.2) is 4.39 Å². The van der Waals surface area contributed by atoms with Gasteiger partial charge in [0.2, 0.25) is 0 Å². The van der Waals surface area contributed by atoms with Gasteiger partial charge < -0.3 is 10.7 Å². The van der Waals surface area contributed by atoms with E-state index in [1.807, 2.05) is 12.1 Å². The van der Waals surface area contributed by atoms with Gasteiger partial charge in [-0.3, -0.25) is 0 Å². The maximum Gasteiger partial charge on any atom is 0.128 e. The highest BCUT2D eigenvalue weighted by molar-refractivity contribution is 6.06. The van der Waals surface area contributed by atoms with Crippen molar-refractivity contribution in [1.29, 1.82) is 5.41 Å². The third-order valence-electron chi connectivity index (χ3n) is 3.23. The minimum atomic E-state index is -0.202. The van der Waals surface area contributed by atoms with E-state index in [1.54, 1.807) is 12.1 Å². The van der Waals surface area contributed by atoms with E-state index >= 15 is 0 Å². The van der Waals surface area contributed by atoms with Gasteiger partial charge in [-0.2, -0.15) is 0 Å². The number of nitrogens with one attached hydrogen (secondary N) is 2. The zero-order valence-electron chi connectivity index (χ0n) is 13.0. The summed E-state index contributed by atoms with van der Waals surface area (Å²) in [6.07, 6.45) is 5.46. The zero-order valence-corrected chi connectivity index (χ0v) is 13.0. The van der Waals surface area contributed by atoms with Crippen molar-refractivity contribution in [3.63, 3.8) is 0 Å². The summed E-state index contributed by atoms with van der Waals surface area (Å²) in [5, 5.41) is 11.3. The fraction of sp³-hybridized carbons (Fsp3) is 0.389. The standard InChI is InChI=1S/C18H25FN2/c1-4-8-14(3)18(20)12-16(9-5-2)21-13-15-10-6-7-11-17(15)19/h6-7,10-12,20-21H,3-5,8-9,13H2,1-2H3/b16-12-,20-18?. The quantitative estimate of drug-likeness (QED) is 0.618. The van der Waals surface area contributed by atoms with Gasteiger partial charge in [0, 0.05) is 17.8 Å². The molecule has 1 aromatic carbocycles. The van der Waals surface area contributed by atoms with Crippen molar-refractivity contribution in [2.75, 3.05) is 0 Å².